The molecule has 72 valence electrons. The predicted octanol–water partition coefficient (Wildman–Crippen LogP) is 2.80. The molecule has 1 aliphatic rings. The Kier molecular flexibility index (Phi) is 3.57. The van der Waals surface area contributed by atoms with Crippen LogP contribution in [0.1, 0.15) is 46.5 Å². The van der Waals surface area contributed by atoms with E-state index in [4.69, 9.17) is 5.73 Å². The molecule has 0 aromatic heterocycles. The first-order chi connectivity index (χ1) is 5.63. The van der Waals surface area contributed by atoms with Gasteiger partial charge in [0.05, 0.1) is 0 Å². The lowest BCUT2D eigenvalue weighted by Crippen LogP contribution is -2.38. The molecule has 0 aromatic carbocycles. The number of rotatable bonds is 2. The summed E-state index contributed by atoms with van der Waals surface area (Å²) >= 11 is 0. The molecule has 1 fully saturated rings. The van der Waals surface area contributed by atoms with E-state index in [-0.39, 0.29) is 0 Å². The van der Waals surface area contributed by atoms with Crippen molar-refractivity contribution in [2.24, 2.45) is 23.5 Å². The molecule has 1 heteroatoms. The van der Waals surface area contributed by atoms with Gasteiger partial charge in [0, 0.05) is 6.04 Å². The number of nitrogens with two attached hydrogens (primary N) is 1. The summed E-state index contributed by atoms with van der Waals surface area (Å²) in [6.45, 7) is 6.98. The first-order valence-corrected chi connectivity index (χ1v) is 5.38. The average molecular weight is 169 g/mol. The third-order valence-electron chi connectivity index (χ3n) is 3.60. The Bertz CT molecular complexity index is 131. The van der Waals surface area contributed by atoms with Crippen LogP contribution in [0.5, 0.6) is 0 Å². The van der Waals surface area contributed by atoms with Crippen molar-refractivity contribution in [1.29, 1.82) is 0 Å². The van der Waals surface area contributed by atoms with E-state index in [2.05, 4.69) is 20.8 Å². The Hall–Kier alpha value is -0.0400. The van der Waals surface area contributed by atoms with Crippen molar-refractivity contribution < 1.29 is 0 Å². The van der Waals surface area contributed by atoms with Crippen LogP contribution in [0.4, 0.5) is 0 Å². The van der Waals surface area contributed by atoms with E-state index < -0.39 is 0 Å². The molecule has 3 atom stereocenters. The first kappa shape index (κ1) is 10.0. The lowest BCUT2D eigenvalue weighted by Gasteiger charge is -2.35. The van der Waals surface area contributed by atoms with Crippen LogP contribution >= 0.6 is 0 Å². The maximum Gasteiger partial charge on any atom is 0.00698 e. The fourth-order valence-electron chi connectivity index (χ4n) is 2.34. The van der Waals surface area contributed by atoms with Crippen molar-refractivity contribution in [1.82, 2.24) is 0 Å². The Labute approximate surface area is 76.7 Å². The van der Waals surface area contributed by atoms with E-state index in [1.54, 1.807) is 0 Å². The number of hydrogen-bond acceptors (Lipinski definition) is 1. The molecular weight excluding hydrogens is 146 g/mol. The Morgan fingerprint density at radius 3 is 2.17 bits per heavy atom. The summed E-state index contributed by atoms with van der Waals surface area (Å²) in [4.78, 5) is 0. The standard InChI is InChI=1S/C11H23N/c1-8(2)9(3)10-6-4-5-7-11(10)12/h8-11H,4-7,12H2,1-3H3. The van der Waals surface area contributed by atoms with Crippen molar-refractivity contribution in [2.75, 3.05) is 0 Å². The van der Waals surface area contributed by atoms with E-state index in [0.717, 1.165) is 17.8 Å². The summed E-state index contributed by atoms with van der Waals surface area (Å²) in [5.74, 6) is 2.39. The molecule has 0 bridgehead atoms. The molecule has 0 radical (unpaired) electrons. The van der Waals surface area contributed by atoms with Crippen molar-refractivity contribution in [2.45, 2.75) is 52.5 Å². The van der Waals surface area contributed by atoms with Crippen LogP contribution in [0.2, 0.25) is 0 Å². The van der Waals surface area contributed by atoms with Crippen molar-refractivity contribution in [3.63, 3.8) is 0 Å². The molecule has 1 aliphatic carbocycles. The zero-order chi connectivity index (χ0) is 9.14. The summed E-state index contributed by atoms with van der Waals surface area (Å²) in [6.07, 6.45) is 5.36. The van der Waals surface area contributed by atoms with Crippen LogP contribution in [0, 0.1) is 17.8 Å². The summed E-state index contributed by atoms with van der Waals surface area (Å²) in [6, 6.07) is 0.483. The summed E-state index contributed by atoms with van der Waals surface area (Å²) in [5.41, 5.74) is 6.12. The SMILES string of the molecule is CC(C)C(C)C1CCCCC1N. The fraction of sp³-hybridized carbons (Fsp3) is 1.00. The lowest BCUT2D eigenvalue weighted by atomic mass is 9.73. The summed E-state index contributed by atoms with van der Waals surface area (Å²) < 4.78 is 0. The highest BCUT2D eigenvalue weighted by molar-refractivity contribution is 4.82. The molecule has 1 rings (SSSR count). The molecule has 0 saturated heterocycles. The second-order valence-corrected chi connectivity index (χ2v) is 4.72. The molecule has 0 heterocycles. The molecule has 3 unspecified atom stereocenters. The Morgan fingerprint density at radius 1 is 1.08 bits per heavy atom. The van der Waals surface area contributed by atoms with E-state index >= 15 is 0 Å². The van der Waals surface area contributed by atoms with Crippen LogP contribution < -0.4 is 5.73 Å². The van der Waals surface area contributed by atoms with Gasteiger partial charge in [-0.3, -0.25) is 0 Å². The molecule has 0 aliphatic heterocycles. The van der Waals surface area contributed by atoms with Gasteiger partial charge in [-0.2, -0.15) is 0 Å². The quantitative estimate of drug-likeness (QED) is 0.676. The minimum atomic E-state index is 0.483. The van der Waals surface area contributed by atoms with Crippen molar-refractivity contribution in [3.05, 3.63) is 0 Å². The van der Waals surface area contributed by atoms with Crippen LogP contribution in [0.15, 0.2) is 0 Å². The average Bonchev–Trinajstić information content (AvgIpc) is 2.04. The van der Waals surface area contributed by atoms with Crippen LogP contribution in [0.3, 0.4) is 0 Å². The third-order valence-corrected chi connectivity index (χ3v) is 3.60. The van der Waals surface area contributed by atoms with Gasteiger partial charge >= 0.3 is 0 Å². The van der Waals surface area contributed by atoms with Crippen LogP contribution in [-0.2, 0) is 0 Å². The van der Waals surface area contributed by atoms with Gasteiger partial charge in [0.15, 0.2) is 0 Å². The highest BCUT2D eigenvalue weighted by Crippen LogP contribution is 2.32. The largest absolute Gasteiger partial charge is 0.327 e. The molecule has 0 spiro atoms. The second kappa shape index (κ2) is 4.27. The van der Waals surface area contributed by atoms with Gasteiger partial charge in [-0.25, -0.2) is 0 Å². The maximum atomic E-state index is 6.12. The van der Waals surface area contributed by atoms with Gasteiger partial charge < -0.3 is 5.73 Å². The molecule has 0 aromatic rings. The lowest BCUT2D eigenvalue weighted by molar-refractivity contribution is 0.186. The minimum Gasteiger partial charge on any atom is -0.327 e. The number of hydrogen-bond donors (Lipinski definition) is 1. The van der Waals surface area contributed by atoms with E-state index in [1.165, 1.54) is 25.7 Å². The van der Waals surface area contributed by atoms with Gasteiger partial charge in [-0.1, -0.05) is 33.6 Å². The van der Waals surface area contributed by atoms with Crippen molar-refractivity contribution >= 4 is 0 Å². The molecule has 1 saturated carbocycles. The third kappa shape index (κ3) is 2.22. The highest BCUT2D eigenvalue weighted by atomic mass is 14.7. The summed E-state index contributed by atoms with van der Waals surface area (Å²) in [5, 5.41) is 0. The Balaban J connectivity index is 2.47. The second-order valence-electron chi connectivity index (χ2n) is 4.72. The van der Waals surface area contributed by atoms with Gasteiger partial charge in [0.2, 0.25) is 0 Å². The van der Waals surface area contributed by atoms with Gasteiger partial charge in [0.1, 0.15) is 0 Å². The van der Waals surface area contributed by atoms with Gasteiger partial charge in [0.25, 0.3) is 0 Å². The van der Waals surface area contributed by atoms with E-state index in [1.807, 2.05) is 0 Å². The smallest absolute Gasteiger partial charge is 0.00698 e. The molecular formula is C11H23N. The van der Waals surface area contributed by atoms with Crippen LogP contribution in [0.25, 0.3) is 0 Å². The van der Waals surface area contributed by atoms with Crippen LogP contribution in [-0.4, -0.2) is 6.04 Å². The Morgan fingerprint density at radius 2 is 1.67 bits per heavy atom. The topological polar surface area (TPSA) is 26.0 Å². The maximum absolute atomic E-state index is 6.12. The minimum absolute atomic E-state index is 0.483. The molecule has 12 heavy (non-hydrogen) atoms. The summed E-state index contributed by atoms with van der Waals surface area (Å²) in [7, 11) is 0. The van der Waals surface area contributed by atoms with Crippen molar-refractivity contribution in [3.8, 4) is 0 Å². The zero-order valence-corrected chi connectivity index (χ0v) is 8.72. The molecule has 2 N–H and O–H groups in total. The van der Waals surface area contributed by atoms with E-state index in [9.17, 15) is 0 Å². The van der Waals surface area contributed by atoms with E-state index in [0.29, 0.717) is 6.04 Å². The van der Waals surface area contributed by atoms with Gasteiger partial charge in [-0.15, -0.1) is 0 Å². The monoisotopic (exact) mass is 169 g/mol. The normalized spacial score (nSPS) is 33.8. The predicted molar refractivity (Wildman–Crippen MR) is 53.9 cm³/mol. The highest BCUT2D eigenvalue weighted by Gasteiger charge is 2.28. The first-order valence-electron chi connectivity index (χ1n) is 5.38. The molecule has 1 nitrogen and oxygen atoms in total. The van der Waals surface area contributed by atoms with Gasteiger partial charge in [-0.05, 0) is 30.6 Å². The fourth-order valence-corrected chi connectivity index (χ4v) is 2.34. The zero-order valence-electron chi connectivity index (χ0n) is 8.72. The molecule has 0 amide bonds.